The molecule has 0 atom stereocenters. The molecule has 6 nitrogen and oxygen atoms in total. The van der Waals surface area contributed by atoms with Gasteiger partial charge in [0, 0.05) is 19.1 Å². The fraction of sp³-hybridized carbons (Fsp3) is 0.278. The van der Waals surface area contributed by atoms with Gasteiger partial charge in [0.05, 0.1) is 26.0 Å². The van der Waals surface area contributed by atoms with Crippen LogP contribution in [0.4, 0.5) is 0 Å². The Hall–Kier alpha value is -1.80. The van der Waals surface area contributed by atoms with Gasteiger partial charge < -0.3 is 4.98 Å². The Bertz CT molecular complexity index is 1160. The van der Waals surface area contributed by atoms with Crippen LogP contribution in [-0.2, 0) is 10.0 Å². The topological polar surface area (TPSA) is 75.2 Å². The first-order valence-electron chi connectivity index (χ1n) is 8.52. The molecule has 4 rings (SSSR count). The second kappa shape index (κ2) is 6.98. The zero-order valence-electron chi connectivity index (χ0n) is 14.2. The number of halogens is 2. The summed E-state index contributed by atoms with van der Waals surface area (Å²) in [5.41, 5.74) is 1.46. The zero-order chi connectivity index (χ0) is 19.2. The van der Waals surface area contributed by atoms with Gasteiger partial charge in [-0.05, 0) is 43.2 Å². The van der Waals surface area contributed by atoms with E-state index < -0.39 is 10.0 Å². The van der Waals surface area contributed by atoms with E-state index in [4.69, 9.17) is 23.2 Å². The number of H-pyrrole nitrogens is 1. The fourth-order valence-corrected chi connectivity index (χ4v) is 5.42. The Kier molecular flexibility index (Phi) is 4.80. The van der Waals surface area contributed by atoms with Crippen LogP contribution < -0.4 is 5.69 Å². The molecule has 1 aliphatic rings. The highest BCUT2D eigenvalue weighted by atomic mass is 35.5. The van der Waals surface area contributed by atoms with Gasteiger partial charge in [0.2, 0.25) is 10.0 Å². The lowest BCUT2D eigenvalue weighted by Crippen LogP contribution is -2.40. The monoisotopic (exact) mass is 425 g/mol. The number of aromatic amines is 1. The minimum Gasteiger partial charge on any atom is -0.306 e. The van der Waals surface area contributed by atoms with Crippen molar-refractivity contribution in [1.29, 1.82) is 0 Å². The molecule has 1 aliphatic heterocycles. The number of nitrogens with one attached hydrogen (secondary N) is 1. The molecule has 1 N–H and O–H groups in total. The average Bonchev–Trinajstić information content (AvgIpc) is 2.99. The zero-order valence-corrected chi connectivity index (χ0v) is 16.6. The summed E-state index contributed by atoms with van der Waals surface area (Å²) in [4.78, 5) is 15.3. The third kappa shape index (κ3) is 3.29. The molecule has 0 saturated carbocycles. The van der Waals surface area contributed by atoms with Crippen molar-refractivity contribution >= 4 is 44.3 Å². The molecule has 2 heterocycles. The Morgan fingerprint density at radius 1 is 1.00 bits per heavy atom. The van der Waals surface area contributed by atoms with E-state index in [0.717, 1.165) is 11.0 Å². The summed E-state index contributed by atoms with van der Waals surface area (Å²) in [5, 5.41) is 0.519. The van der Waals surface area contributed by atoms with E-state index in [-0.39, 0.29) is 21.6 Å². The molecule has 0 aliphatic carbocycles. The van der Waals surface area contributed by atoms with Gasteiger partial charge in [-0.25, -0.2) is 13.2 Å². The van der Waals surface area contributed by atoms with Gasteiger partial charge in [-0.2, -0.15) is 4.31 Å². The molecule has 1 fully saturated rings. The van der Waals surface area contributed by atoms with Crippen LogP contribution in [0.1, 0.15) is 18.9 Å². The van der Waals surface area contributed by atoms with E-state index in [2.05, 4.69) is 4.98 Å². The normalized spacial score (nSPS) is 16.8. The molecule has 0 unspecified atom stereocenters. The van der Waals surface area contributed by atoms with E-state index >= 15 is 0 Å². The summed E-state index contributed by atoms with van der Waals surface area (Å²) in [6.07, 6.45) is 1.12. The fourth-order valence-electron chi connectivity index (χ4n) is 3.56. The van der Waals surface area contributed by atoms with Gasteiger partial charge in [0.25, 0.3) is 0 Å². The molecule has 2 aromatic carbocycles. The number of hydrogen-bond acceptors (Lipinski definition) is 3. The van der Waals surface area contributed by atoms with E-state index in [1.54, 1.807) is 4.57 Å². The van der Waals surface area contributed by atoms with E-state index in [0.29, 0.717) is 31.0 Å². The Morgan fingerprint density at radius 3 is 2.41 bits per heavy atom. The minimum atomic E-state index is -3.65. The first-order valence-corrected chi connectivity index (χ1v) is 10.7. The number of sulfonamides is 1. The lowest BCUT2D eigenvalue weighted by molar-refractivity contribution is 0.274. The van der Waals surface area contributed by atoms with Gasteiger partial charge in [0.15, 0.2) is 0 Å². The second-order valence-corrected chi connectivity index (χ2v) is 9.28. The van der Waals surface area contributed by atoms with Crippen LogP contribution in [0, 0.1) is 0 Å². The molecule has 0 spiro atoms. The second-order valence-electron chi connectivity index (χ2n) is 6.53. The van der Waals surface area contributed by atoms with Crippen molar-refractivity contribution in [1.82, 2.24) is 13.9 Å². The predicted octanol–water partition coefficient (Wildman–Crippen LogP) is 3.66. The SMILES string of the molecule is O=c1[nH]c2ccccc2n1C1CCN(S(=O)(=O)c2ccc(Cl)c(Cl)c2)CC1. The average molecular weight is 426 g/mol. The van der Waals surface area contributed by atoms with Crippen molar-refractivity contribution in [2.75, 3.05) is 13.1 Å². The van der Waals surface area contributed by atoms with Crippen molar-refractivity contribution in [2.24, 2.45) is 0 Å². The molecule has 27 heavy (non-hydrogen) atoms. The number of para-hydroxylation sites is 2. The summed E-state index contributed by atoms with van der Waals surface area (Å²) in [6.45, 7) is 0.665. The van der Waals surface area contributed by atoms with Gasteiger partial charge in [-0.3, -0.25) is 4.57 Å². The smallest absolute Gasteiger partial charge is 0.306 e. The standard InChI is InChI=1S/C18H17Cl2N3O3S/c19-14-6-5-13(11-15(14)20)27(25,26)22-9-7-12(8-10-22)23-17-4-2-1-3-16(17)21-18(23)24/h1-6,11-12H,7-10H2,(H,21,24). The number of benzene rings is 2. The van der Waals surface area contributed by atoms with Gasteiger partial charge in [-0.15, -0.1) is 0 Å². The van der Waals surface area contributed by atoms with Crippen LogP contribution in [0.5, 0.6) is 0 Å². The highest BCUT2D eigenvalue weighted by Crippen LogP contribution is 2.30. The van der Waals surface area contributed by atoms with Crippen LogP contribution in [0.3, 0.4) is 0 Å². The molecule has 0 amide bonds. The number of hydrogen-bond donors (Lipinski definition) is 1. The quantitative estimate of drug-likeness (QED) is 0.695. The number of aromatic nitrogens is 2. The number of rotatable bonds is 3. The van der Waals surface area contributed by atoms with Gasteiger partial charge >= 0.3 is 5.69 Å². The Labute approximate surface area is 166 Å². The first-order chi connectivity index (χ1) is 12.9. The summed E-state index contributed by atoms with van der Waals surface area (Å²) in [6, 6.07) is 11.8. The lowest BCUT2D eigenvalue weighted by Gasteiger charge is -2.31. The molecule has 142 valence electrons. The molecule has 1 aromatic heterocycles. The maximum Gasteiger partial charge on any atom is 0.326 e. The molecule has 1 saturated heterocycles. The Morgan fingerprint density at radius 2 is 1.70 bits per heavy atom. The van der Waals surface area contributed by atoms with Crippen LogP contribution >= 0.6 is 23.2 Å². The van der Waals surface area contributed by atoms with Crippen molar-refractivity contribution in [3.05, 3.63) is 63.0 Å². The number of nitrogens with zero attached hydrogens (tertiary/aromatic N) is 2. The molecule has 0 radical (unpaired) electrons. The molecule has 0 bridgehead atoms. The number of imidazole rings is 1. The van der Waals surface area contributed by atoms with Crippen LogP contribution in [0.2, 0.25) is 10.0 Å². The molecule has 9 heteroatoms. The van der Waals surface area contributed by atoms with Gasteiger partial charge in [0.1, 0.15) is 0 Å². The summed E-state index contributed by atoms with van der Waals surface area (Å²) in [7, 11) is -3.65. The molecule has 3 aromatic rings. The maximum absolute atomic E-state index is 12.9. The van der Waals surface area contributed by atoms with Crippen LogP contribution in [0.15, 0.2) is 52.2 Å². The summed E-state index contributed by atoms with van der Waals surface area (Å²) < 4.78 is 28.9. The molecular formula is C18H17Cl2N3O3S. The predicted molar refractivity (Wildman–Crippen MR) is 106 cm³/mol. The highest BCUT2D eigenvalue weighted by molar-refractivity contribution is 7.89. The van der Waals surface area contributed by atoms with E-state index in [1.165, 1.54) is 22.5 Å². The summed E-state index contributed by atoms with van der Waals surface area (Å²) >= 11 is 11.8. The third-order valence-corrected chi connectivity index (χ3v) is 7.58. The lowest BCUT2D eigenvalue weighted by atomic mass is 10.1. The van der Waals surface area contributed by atoms with Crippen molar-refractivity contribution in [3.63, 3.8) is 0 Å². The molecular weight excluding hydrogens is 409 g/mol. The van der Waals surface area contributed by atoms with Gasteiger partial charge in [-0.1, -0.05) is 35.3 Å². The number of piperidine rings is 1. The number of fused-ring (bicyclic) bond motifs is 1. The van der Waals surface area contributed by atoms with Crippen molar-refractivity contribution in [2.45, 2.75) is 23.8 Å². The van der Waals surface area contributed by atoms with Crippen LogP contribution in [-0.4, -0.2) is 35.4 Å². The van der Waals surface area contributed by atoms with Crippen LogP contribution in [0.25, 0.3) is 11.0 Å². The Balaban J connectivity index is 1.57. The van der Waals surface area contributed by atoms with Crippen molar-refractivity contribution < 1.29 is 8.42 Å². The summed E-state index contributed by atoms with van der Waals surface area (Å²) in [5.74, 6) is 0. The first kappa shape index (κ1) is 18.6. The minimum absolute atomic E-state index is 0.0473. The third-order valence-electron chi connectivity index (χ3n) is 4.94. The van der Waals surface area contributed by atoms with E-state index in [9.17, 15) is 13.2 Å². The highest BCUT2D eigenvalue weighted by Gasteiger charge is 2.31. The maximum atomic E-state index is 12.9. The largest absolute Gasteiger partial charge is 0.326 e. The van der Waals surface area contributed by atoms with E-state index in [1.807, 2.05) is 24.3 Å². The van der Waals surface area contributed by atoms with Crippen molar-refractivity contribution in [3.8, 4) is 0 Å².